The lowest BCUT2D eigenvalue weighted by molar-refractivity contribution is -0.130. The van der Waals surface area contributed by atoms with Gasteiger partial charge >= 0.3 is 0 Å². The number of hydrogen-bond donors (Lipinski definition) is 2. The van der Waals surface area contributed by atoms with Crippen molar-refractivity contribution in [3.05, 3.63) is 6.33 Å². The summed E-state index contributed by atoms with van der Waals surface area (Å²) < 4.78 is 1.37. The summed E-state index contributed by atoms with van der Waals surface area (Å²) in [7, 11) is 0. The number of carbonyl (C=O) groups is 2. The van der Waals surface area contributed by atoms with Gasteiger partial charge in [-0.05, 0) is 49.1 Å². The summed E-state index contributed by atoms with van der Waals surface area (Å²) in [4.78, 5) is 24.7. The number of unbranched alkanes of at least 4 members (excludes halogenated alkanes) is 1. The lowest BCUT2D eigenvalue weighted by Crippen LogP contribution is -2.44. The third kappa shape index (κ3) is 4.87. The molecule has 8 nitrogen and oxygen atoms in total. The Labute approximate surface area is 129 Å². The van der Waals surface area contributed by atoms with Gasteiger partial charge in [0, 0.05) is 5.92 Å². The molecule has 3 N–H and O–H groups in total. The smallest absolute Gasteiger partial charge is 0.223 e. The van der Waals surface area contributed by atoms with E-state index in [2.05, 4.69) is 20.8 Å². The Morgan fingerprint density at radius 3 is 2.73 bits per heavy atom. The highest BCUT2D eigenvalue weighted by Crippen LogP contribution is 2.25. The number of nitrogens with one attached hydrogen (secondary N) is 1. The Bertz CT molecular complexity index is 470. The van der Waals surface area contributed by atoms with Gasteiger partial charge in [0.2, 0.25) is 5.91 Å². The SMILES string of the molecule is NCCCC[C@H](NC(=O)C1CCCC1)C(=O)Cn1cnnn1. The quantitative estimate of drug-likeness (QED) is 0.623. The third-order valence-electron chi connectivity index (χ3n) is 4.09. The van der Waals surface area contributed by atoms with Gasteiger partial charge in [-0.15, -0.1) is 5.10 Å². The van der Waals surface area contributed by atoms with Crippen LogP contribution < -0.4 is 11.1 Å². The second-order valence-corrected chi connectivity index (χ2v) is 5.80. The molecular formula is C14H24N6O2. The number of ketones is 1. The summed E-state index contributed by atoms with van der Waals surface area (Å²) in [6, 6.07) is -0.483. The van der Waals surface area contributed by atoms with Gasteiger partial charge in [-0.2, -0.15) is 0 Å². The van der Waals surface area contributed by atoms with Crippen LogP contribution in [0, 0.1) is 5.92 Å². The van der Waals surface area contributed by atoms with Crippen molar-refractivity contribution < 1.29 is 9.59 Å². The lowest BCUT2D eigenvalue weighted by Gasteiger charge is -2.19. The molecule has 1 aliphatic rings. The molecule has 22 heavy (non-hydrogen) atoms. The van der Waals surface area contributed by atoms with Crippen molar-refractivity contribution in [3.63, 3.8) is 0 Å². The zero-order valence-electron chi connectivity index (χ0n) is 12.8. The van der Waals surface area contributed by atoms with Crippen LogP contribution in [0.3, 0.4) is 0 Å². The Balaban J connectivity index is 1.91. The maximum atomic E-state index is 12.4. The minimum Gasteiger partial charge on any atom is -0.346 e. The molecule has 0 aromatic carbocycles. The number of amides is 1. The lowest BCUT2D eigenvalue weighted by atomic mass is 10.0. The summed E-state index contributed by atoms with van der Waals surface area (Å²) in [6.45, 7) is 0.662. The molecule has 0 saturated heterocycles. The molecule has 0 aliphatic heterocycles. The topological polar surface area (TPSA) is 116 Å². The van der Waals surface area contributed by atoms with Gasteiger partial charge in [-0.3, -0.25) is 9.59 Å². The molecule has 0 radical (unpaired) electrons. The van der Waals surface area contributed by atoms with Gasteiger partial charge in [0.05, 0.1) is 6.04 Å². The minimum absolute atomic E-state index is 0.000291. The molecule has 1 aromatic rings. The van der Waals surface area contributed by atoms with Gasteiger partial charge in [0.25, 0.3) is 0 Å². The number of hydrogen-bond acceptors (Lipinski definition) is 6. The van der Waals surface area contributed by atoms with E-state index in [1.807, 2.05) is 0 Å². The fraction of sp³-hybridized carbons (Fsp3) is 0.786. The summed E-state index contributed by atoms with van der Waals surface area (Å²) in [5, 5.41) is 13.6. The van der Waals surface area contributed by atoms with Gasteiger partial charge in [-0.1, -0.05) is 12.8 Å². The first-order valence-electron chi connectivity index (χ1n) is 7.94. The Morgan fingerprint density at radius 2 is 2.09 bits per heavy atom. The number of nitrogens with zero attached hydrogens (tertiary/aromatic N) is 4. The molecule has 2 rings (SSSR count). The van der Waals surface area contributed by atoms with Crippen molar-refractivity contribution >= 4 is 11.7 Å². The maximum absolute atomic E-state index is 12.4. The van der Waals surface area contributed by atoms with Crippen molar-refractivity contribution in [2.24, 2.45) is 11.7 Å². The van der Waals surface area contributed by atoms with Crippen molar-refractivity contribution in [3.8, 4) is 0 Å². The predicted octanol–water partition coefficient (Wildman–Crippen LogP) is 0.0462. The predicted molar refractivity (Wildman–Crippen MR) is 79.6 cm³/mol. The first-order chi connectivity index (χ1) is 10.7. The molecule has 1 aliphatic carbocycles. The standard InChI is InChI=1S/C14H24N6O2/c15-8-4-3-7-12(13(21)9-20-10-16-18-19-20)17-14(22)11-5-1-2-6-11/h10-12H,1-9,15H2,(H,17,22)/t12-/m0/s1. The van der Waals surface area contributed by atoms with E-state index >= 15 is 0 Å². The zero-order valence-corrected chi connectivity index (χ0v) is 12.8. The van der Waals surface area contributed by atoms with E-state index < -0.39 is 6.04 Å². The molecule has 8 heteroatoms. The summed E-state index contributed by atoms with van der Waals surface area (Å²) >= 11 is 0. The van der Waals surface area contributed by atoms with Crippen LogP contribution in [-0.2, 0) is 16.1 Å². The van der Waals surface area contributed by atoms with Gasteiger partial charge in [0.1, 0.15) is 12.9 Å². The average Bonchev–Trinajstić information content (AvgIpc) is 3.19. The fourth-order valence-corrected chi connectivity index (χ4v) is 2.81. The molecule has 122 valence electrons. The second kappa shape index (κ2) is 8.57. The highest BCUT2D eigenvalue weighted by Gasteiger charge is 2.27. The van der Waals surface area contributed by atoms with Crippen LogP contribution in [0.15, 0.2) is 6.33 Å². The van der Waals surface area contributed by atoms with Crippen molar-refractivity contribution in [1.82, 2.24) is 25.5 Å². The van der Waals surface area contributed by atoms with Crippen LogP contribution in [-0.4, -0.2) is 44.5 Å². The molecule has 1 saturated carbocycles. The first kappa shape index (κ1) is 16.5. The number of aromatic nitrogens is 4. The largest absolute Gasteiger partial charge is 0.346 e. The van der Waals surface area contributed by atoms with Crippen LogP contribution in [0.25, 0.3) is 0 Å². The minimum atomic E-state index is -0.483. The maximum Gasteiger partial charge on any atom is 0.223 e. The Kier molecular flexibility index (Phi) is 6.45. The summed E-state index contributed by atoms with van der Waals surface area (Å²) in [5.41, 5.74) is 5.50. The van der Waals surface area contributed by atoms with Crippen molar-refractivity contribution in [2.75, 3.05) is 6.54 Å². The van der Waals surface area contributed by atoms with Crippen molar-refractivity contribution in [2.45, 2.75) is 57.5 Å². The molecular weight excluding hydrogens is 284 g/mol. The molecule has 0 spiro atoms. The van der Waals surface area contributed by atoms with Crippen LogP contribution in [0.2, 0.25) is 0 Å². The van der Waals surface area contributed by atoms with E-state index in [1.165, 1.54) is 11.0 Å². The van der Waals surface area contributed by atoms with Crippen LogP contribution in [0.5, 0.6) is 0 Å². The Hall–Kier alpha value is -1.83. The number of Topliss-reactive ketones (excluding diaryl/α,β-unsaturated/α-hetero) is 1. The highest BCUT2D eigenvalue weighted by molar-refractivity contribution is 5.89. The molecule has 1 aromatic heterocycles. The molecule has 0 unspecified atom stereocenters. The highest BCUT2D eigenvalue weighted by atomic mass is 16.2. The number of nitrogens with two attached hydrogens (primary N) is 1. The molecule has 1 fully saturated rings. The van der Waals surface area contributed by atoms with Gasteiger partial charge in [-0.25, -0.2) is 4.68 Å². The molecule has 0 bridgehead atoms. The monoisotopic (exact) mass is 308 g/mol. The summed E-state index contributed by atoms with van der Waals surface area (Å²) in [6.07, 6.45) is 7.68. The van der Waals surface area contributed by atoms with E-state index in [0.29, 0.717) is 13.0 Å². The zero-order chi connectivity index (χ0) is 15.8. The van der Waals surface area contributed by atoms with E-state index in [1.54, 1.807) is 0 Å². The number of tetrazole rings is 1. The van der Waals surface area contributed by atoms with Crippen molar-refractivity contribution in [1.29, 1.82) is 0 Å². The summed E-state index contributed by atoms with van der Waals surface area (Å²) in [5.74, 6) is -0.0196. The van der Waals surface area contributed by atoms with E-state index in [0.717, 1.165) is 38.5 Å². The average molecular weight is 308 g/mol. The van der Waals surface area contributed by atoms with E-state index in [9.17, 15) is 9.59 Å². The first-order valence-corrected chi connectivity index (χ1v) is 7.94. The van der Waals surface area contributed by atoms with E-state index in [-0.39, 0.29) is 24.2 Å². The van der Waals surface area contributed by atoms with Crippen LogP contribution >= 0.6 is 0 Å². The second-order valence-electron chi connectivity index (χ2n) is 5.80. The number of rotatable bonds is 9. The molecule has 1 heterocycles. The molecule has 1 amide bonds. The third-order valence-corrected chi connectivity index (χ3v) is 4.09. The number of carbonyl (C=O) groups excluding carboxylic acids is 2. The van der Waals surface area contributed by atoms with Gasteiger partial charge in [0.15, 0.2) is 5.78 Å². The van der Waals surface area contributed by atoms with Crippen LogP contribution in [0.1, 0.15) is 44.9 Å². The normalized spacial score (nSPS) is 16.6. The molecule has 1 atom stereocenters. The van der Waals surface area contributed by atoms with Crippen LogP contribution in [0.4, 0.5) is 0 Å². The Morgan fingerprint density at radius 1 is 1.32 bits per heavy atom. The van der Waals surface area contributed by atoms with Gasteiger partial charge < -0.3 is 11.1 Å². The fourth-order valence-electron chi connectivity index (χ4n) is 2.81. The van der Waals surface area contributed by atoms with E-state index in [4.69, 9.17) is 5.73 Å².